The molecule has 0 amide bonds. The standard InChI is InChI=1S/C7H8O.3ClH.Ti/c1-8-7-5-3-2-4-6-7;;;;/h2-6H,1H3;3*1H;/q;;;;+2/p-3. The molecule has 1 aromatic carbocycles. The fourth-order valence-corrected chi connectivity index (χ4v) is 0.557. The van der Waals surface area contributed by atoms with Gasteiger partial charge in [-0.15, -0.1) is 0 Å². The first-order valence-electron chi connectivity index (χ1n) is 2.52. The molecule has 0 aliphatic carbocycles. The first kappa shape index (κ1) is 22.9. The monoisotopic (exact) mass is 261 g/mol. The molecule has 0 fully saturated rings. The average molecular weight is 262 g/mol. The van der Waals surface area contributed by atoms with Crippen LogP contribution in [-0.4, -0.2) is 7.11 Å². The number of benzene rings is 1. The Morgan fingerprint density at radius 2 is 1.33 bits per heavy atom. The van der Waals surface area contributed by atoms with Crippen molar-refractivity contribution in [1.29, 1.82) is 0 Å². The van der Waals surface area contributed by atoms with Gasteiger partial charge in [0.05, 0.1) is 7.11 Å². The van der Waals surface area contributed by atoms with Crippen LogP contribution >= 0.6 is 0 Å². The zero-order chi connectivity index (χ0) is 5.82. The maximum Gasteiger partial charge on any atom is 2.00 e. The Bertz CT molecular complexity index is 160. The van der Waals surface area contributed by atoms with E-state index in [0.717, 1.165) is 5.75 Å². The summed E-state index contributed by atoms with van der Waals surface area (Å²) < 4.78 is 4.91. The van der Waals surface area contributed by atoms with Crippen LogP contribution in [-0.2, 0) is 21.7 Å². The van der Waals surface area contributed by atoms with E-state index in [0.29, 0.717) is 0 Å². The third kappa shape index (κ3) is 8.70. The molecule has 0 aromatic heterocycles. The van der Waals surface area contributed by atoms with Gasteiger partial charge in [0.25, 0.3) is 0 Å². The number of hydrogen-bond donors (Lipinski definition) is 0. The minimum Gasteiger partial charge on any atom is -1.00 e. The Morgan fingerprint density at radius 1 is 0.917 bits per heavy atom. The van der Waals surface area contributed by atoms with Crippen LogP contribution in [0.2, 0.25) is 0 Å². The van der Waals surface area contributed by atoms with Gasteiger partial charge < -0.3 is 42.0 Å². The van der Waals surface area contributed by atoms with Gasteiger partial charge in [0, 0.05) is 0 Å². The largest absolute Gasteiger partial charge is 2.00 e. The average Bonchev–Trinajstić information content (AvgIpc) is 1.90. The van der Waals surface area contributed by atoms with Crippen molar-refractivity contribution in [3.8, 4) is 5.75 Å². The zero-order valence-corrected chi connectivity index (χ0v) is 10.3. The molecule has 0 saturated heterocycles. The van der Waals surface area contributed by atoms with Crippen molar-refractivity contribution >= 4 is 0 Å². The van der Waals surface area contributed by atoms with Gasteiger partial charge in [0.2, 0.25) is 0 Å². The van der Waals surface area contributed by atoms with Crippen LogP contribution < -0.4 is 42.0 Å². The summed E-state index contributed by atoms with van der Waals surface area (Å²) in [5.41, 5.74) is 0. The van der Waals surface area contributed by atoms with Crippen molar-refractivity contribution < 1.29 is 63.7 Å². The minimum absolute atomic E-state index is 0. The van der Waals surface area contributed by atoms with Crippen LogP contribution in [0.15, 0.2) is 30.3 Å². The van der Waals surface area contributed by atoms with Gasteiger partial charge in [0.15, 0.2) is 0 Å². The van der Waals surface area contributed by atoms with Crippen molar-refractivity contribution in [1.82, 2.24) is 0 Å². The summed E-state index contributed by atoms with van der Waals surface area (Å²) in [5.74, 6) is 0.910. The maximum atomic E-state index is 4.91. The summed E-state index contributed by atoms with van der Waals surface area (Å²) in [5, 5.41) is 0. The topological polar surface area (TPSA) is 9.23 Å². The van der Waals surface area contributed by atoms with Crippen molar-refractivity contribution in [3.05, 3.63) is 30.3 Å². The van der Waals surface area contributed by atoms with E-state index in [1.54, 1.807) is 7.11 Å². The normalized spacial score (nSPS) is 5.75. The van der Waals surface area contributed by atoms with Gasteiger partial charge in [-0.25, -0.2) is 0 Å². The fraction of sp³-hybridized carbons (Fsp3) is 0.143. The second-order valence-corrected chi connectivity index (χ2v) is 1.52. The summed E-state index contributed by atoms with van der Waals surface area (Å²) >= 11 is 0. The van der Waals surface area contributed by atoms with E-state index < -0.39 is 0 Å². The summed E-state index contributed by atoms with van der Waals surface area (Å²) in [7, 11) is 1.66. The molecule has 68 valence electrons. The van der Waals surface area contributed by atoms with Crippen LogP contribution in [0.5, 0.6) is 5.75 Å². The number of para-hydroxylation sites is 1. The molecule has 0 spiro atoms. The molecule has 0 saturated carbocycles. The number of ether oxygens (including phenoxy) is 1. The van der Waals surface area contributed by atoms with E-state index >= 15 is 0 Å². The molecule has 0 aliphatic heterocycles. The van der Waals surface area contributed by atoms with Crippen LogP contribution in [0.3, 0.4) is 0 Å². The Hall–Kier alpha value is 0.604. The molecule has 12 heavy (non-hydrogen) atoms. The maximum absolute atomic E-state index is 4.91. The molecule has 0 aliphatic rings. The van der Waals surface area contributed by atoms with E-state index in [-0.39, 0.29) is 58.9 Å². The summed E-state index contributed by atoms with van der Waals surface area (Å²) in [4.78, 5) is 0. The van der Waals surface area contributed by atoms with Crippen molar-refractivity contribution in [2.24, 2.45) is 0 Å². The molecular formula is C7H8Cl3OTi-. The molecule has 1 nitrogen and oxygen atoms in total. The van der Waals surface area contributed by atoms with E-state index in [1.807, 2.05) is 30.3 Å². The second kappa shape index (κ2) is 14.1. The third-order valence-corrected chi connectivity index (χ3v) is 0.979. The summed E-state index contributed by atoms with van der Waals surface area (Å²) in [6.45, 7) is 0. The van der Waals surface area contributed by atoms with E-state index in [1.165, 1.54) is 0 Å². The molecule has 0 radical (unpaired) electrons. The second-order valence-electron chi connectivity index (χ2n) is 1.52. The SMILES string of the molecule is COc1ccccc1.[Cl-].[Cl-].[Cl-].[Ti+2]. The molecule has 1 rings (SSSR count). The Balaban J connectivity index is -0.0000000800. The molecular weight excluding hydrogens is 254 g/mol. The third-order valence-electron chi connectivity index (χ3n) is 0.979. The zero-order valence-electron chi connectivity index (χ0n) is 6.43. The van der Waals surface area contributed by atoms with Gasteiger partial charge >= 0.3 is 21.7 Å². The summed E-state index contributed by atoms with van der Waals surface area (Å²) in [6, 6.07) is 9.68. The van der Waals surface area contributed by atoms with Crippen LogP contribution in [0, 0.1) is 0 Å². The molecule has 0 bridgehead atoms. The number of rotatable bonds is 1. The van der Waals surface area contributed by atoms with Crippen LogP contribution in [0.4, 0.5) is 0 Å². The summed E-state index contributed by atoms with van der Waals surface area (Å²) in [6.07, 6.45) is 0. The first-order chi connectivity index (χ1) is 3.93. The van der Waals surface area contributed by atoms with E-state index in [4.69, 9.17) is 4.74 Å². The van der Waals surface area contributed by atoms with E-state index in [2.05, 4.69) is 0 Å². The van der Waals surface area contributed by atoms with Crippen molar-refractivity contribution in [2.45, 2.75) is 0 Å². The van der Waals surface area contributed by atoms with Crippen molar-refractivity contribution in [2.75, 3.05) is 7.11 Å². The first-order valence-corrected chi connectivity index (χ1v) is 2.52. The van der Waals surface area contributed by atoms with Gasteiger partial charge in [-0.1, -0.05) is 18.2 Å². The van der Waals surface area contributed by atoms with Gasteiger partial charge in [-0.05, 0) is 12.1 Å². The number of hydrogen-bond acceptors (Lipinski definition) is 1. The Morgan fingerprint density at radius 3 is 1.58 bits per heavy atom. The van der Waals surface area contributed by atoms with E-state index in [9.17, 15) is 0 Å². The number of halogens is 3. The van der Waals surface area contributed by atoms with Crippen molar-refractivity contribution in [3.63, 3.8) is 0 Å². The van der Waals surface area contributed by atoms with Crippen LogP contribution in [0.25, 0.3) is 0 Å². The Labute approximate surface area is 106 Å². The quantitative estimate of drug-likeness (QED) is 0.457. The van der Waals surface area contributed by atoms with Gasteiger partial charge in [-0.2, -0.15) is 0 Å². The molecule has 1 aromatic rings. The smallest absolute Gasteiger partial charge is 1.00 e. The molecule has 0 heterocycles. The number of methoxy groups -OCH3 is 1. The van der Waals surface area contributed by atoms with Gasteiger partial charge in [0.1, 0.15) is 5.75 Å². The fourth-order valence-electron chi connectivity index (χ4n) is 0.557. The molecule has 0 unspecified atom stereocenters. The molecule has 0 N–H and O–H groups in total. The molecule has 0 atom stereocenters. The predicted molar refractivity (Wildman–Crippen MR) is 33.0 cm³/mol. The van der Waals surface area contributed by atoms with Crippen LogP contribution in [0.1, 0.15) is 0 Å². The predicted octanol–water partition coefficient (Wildman–Crippen LogP) is -7.30. The minimum atomic E-state index is 0. The Kier molecular flexibility index (Phi) is 27.0. The van der Waals surface area contributed by atoms with Gasteiger partial charge in [-0.3, -0.25) is 0 Å². The molecule has 5 heteroatoms.